The van der Waals surface area contributed by atoms with Crippen LogP contribution < -0.4 is 15.4 Å². The molecule has 0 saturated carbocycles. The van der Waals surface area contributed by atoms with Crippen molar-refractivity contribution in [2.24, 2.45) is 0 Å². The van der Waals surface area contributed by atoms with E-state index in [1.54, 1.807) is 19.4 Å². The van der Waals surface area contributed by atoms with Crippen molar-refractivity contribution in [3.05, 3.63) is 47.8 Å². The van der Waals surface area contributed by atoms with E-state index in [1.165, 1.54) is 0 Å². The van der Waals surface area contributed by atoms with Gasteiger partial charge in [-0.3, -0.25) is 9.69 Å². The van der Waals surface area contributed by atoms with Crippen LogP contribution in [0.2, 0.25) is 0 Å². The van der Waals surface area contributed by atoms with E-state index in [-0.39, 0.29) is 5.91 Å². The second-order valence-corrected chi connectivity index (χ2v) is 6.50. The van der Waals surface area contributed by atoms with Crippen LogP contribution in [0.1, 0.15) is 16.1 Å². The summed E-state index contributed by atoms with van der Waals surface area (Å²) in [6.45, 7) is 5.58. The predicted octanol–water partition coefficient (Wildman–Crippen LogP) is 1.20. The summed E-state index contributed by atoms with van der Waals surface area (Å²) in [6, 6.07) is 9.43. The molecule has 1 saturated heterocycles. The average molecular weight is 385 g/mol. The van der Waals surface area contributed by atoms with Gasteiger partial charge in [0.25, 0.3) is 5.91 Å². The number of hydrogen-bond acceptors (Lipinski definition) is 7. The van der Waals surface area contributed by atoms with E-state index in [0.29, 0.717) is 18.2 Å². The van der Waals surface area contributed by atoms with Crippen molar-refractivity contribution in [2.45, 2.75) is 6.42 Å². The molecular weight excluding hydrogens is 358 g/mol. The summed E-state index contributed by atoms with van der Waals surface area (Å²) in [6.07, 6.45) is 2.32. The first-order valence-corrected chi connectivity index (χ1v) is 9.53. The molecule has 28 heavy (non-hydrogen) atoms. The smallest absolute Gasteiger partial charge is 0.270 e. The molecule has 0 radical (unpaired) electrons. The fourth-order valence-corrected chi connectivity index (χ4v) is 2.96. The summed E-state index contributed by atoms with van der Waals surface area (Å²) >= 11 is 0. The van der Waals surface area contributed by atoms with Gasteiger partial charge in [-0.25, -0.2) is 9.97 Å². The molecule has 1 aromatic heterocycles. The summed E-state index contributed by atoms with van der Waals surface area (Å²) in [5.41, 5.74) is 1.46. The standard InChI is InChI=1S/C20H27N5O3/c1-27-17-4-2-3-16(15-17)5-7-21-19(26)18-6-8-22-20(24-18)23-9-10-25-11-13-28-14-12-25/h2-4,6,8,15H,5,7,9-14H2,1H3,(H,21,26)(H,22,23,24). The number of carbonyl (C=O) groups is 1. The SMILES string of the molecule is COc1cccc(CCNC(=O)c2ccnc(NCCN3CCOCC3)n2)c1. The summed E-state index contributed by atoms with van der Waals surface area (Å²) in [5, 5.41) is 6.08. The van der Waals surface area contributed by atoms with Gasteiger partial charge in [-0.1, -0.05) is 12.1 Å². The molecular formula is C20H27N5O3. The number of ether oxygens (including phenoxy) is 2. The number of benzene rings is 1. The van der Waals surface area contributed by atoms with E-state index >= 15 is 0 Å². The minimum absolute atomic E-state index is 0.207. The Morgan fingerprint density at radius 2 is 2.11 bits per heavy atom. The van der Waals surface area contributed by atoms with Gasteiger partial charge in [0, 0.05) is 38.9 Å². The van der Waals surface area contributed by atoms with Gasteiger partial charge < -0.3 is 20.1 Å². The van der Waals surface area contributed by atoms with Crippen LogP contribution in [0.15, 0.2) is 36.5 Å². The maximum atomic E-state index is 12.4. The highest BCUT2D eigenvalue weighted by Gasteiger charge is 2.11. The molecule has 0 bridgehead atoms. The molecule has 1 aliphatic rings. The lowest BCUT2D eigenvalue weighted by atomic mass is 10.1. The third kappa shape index (κ3) is 6.17. The predicted molar refractivity (Wildman–Crippen MR) is 107 cm³/mol. The fraction of sp³-hybridized carbons (Fsp3) is 0.450. The zero-order chi connectivity index (χ0) is 19.6. The van der Waals surface area contributed by atoms with Crippen molar-refractivity contribution in [1.82, 2.24) is 20.2 Å². The number of hydrogen-bond donors (Lipinski definition) is 2. The van der Waals surface area contributed by atoms with Crippen LogP contribution in [0.5, 0.6) is 5.75 Å². The number of anilines is 1. The number of methoxy groups -OCH3 is 1. The van der Waals surface area contributed by atoms with Crippen LogP contribution in [0.3, 0.4) is 0 Å². The number of nitrogens with zero attached hydrogens (tertiary/aromatic N) is 3. The van der Waals surface area contributed by atoms with E-state index in [4.69, 9.17) is 9.47 Å². The highest BCUT2D eigenvalue weighted by atomic mass is 16.5. The summed E-state index contributed by atoms with van der Waals surface area (Å²) in [4.78, 5) is 23.2. The number of nitrogens with one attached hydrogen (secondary N) is 2. The molecule has 2 heterocycles. The van der Waals surface area contributed by atoms with Crippen LogP contribution in [0.25, 0.3) is 0 Å². The number of morpholine rings is 1. The maximum Gasteiger partial charge on any atom is 0.270 e. The van der Waals surface area contributed by atoms with E-state index in [2.05, 4.69) is 25.5 Å². The van der Waals surface area contributed by atoms with E-state index < -0.39 is 0 Å². The monoisotopic (exact) mass is 385 g/mol. The number of rotatable bonds is 9. The second kappa shape index (κ2) is 10.6. The number of carbonyl (C=O) groups excluding carboxylic acids is 1. The fourth-order valence-electron chi connectivity index (χ4n) is 2.96. The molecule has 150 valence electrons. The van der Waals surface area contributed by atoms with Crippen LogP contribution in [0, 0.1) is 0 Å². The molecule has 1 aromatic carbocycles. The van der Waals surface area contributed by atoms with Crippen LogP contribution in [0.4, 0.5) is 5.95 Å². The Hall–Kier alpha value is -2.71. The summed E-state index contributed by atoms with van der Waals surface area (Å²) in [7, 11) is 1.64. The Morgan fingerprint density at radius 1 is 1.25 bits per heavy atom. The molecule has 0 aliphatic carbocycles. The first kappa shape index (κ1) is 20.0. The molecule has 8 nitrogen and oxygen atoms in total. The first-order chi connectivity index (χ1) is 13.7. The average Bonchev–Trinajstić information content (AvgIpc) is 2.75. The lowest BCUT2D eigenvalue weighted by molar-refractivity contribution is 0.0398. The van der Waals surface area contributed by atoms with Gasteiger partial charge in [0.2, 0.25) is 5.95 Å². The highest BCUT2D eigenvalue weighted by Crippen LogP contribution is 2.12. The van der Waals surface area contributed by atoms with Gasteiger partial charge >= 0.3 is 0 Å². The molecule has 8 heteroatoms. The van der Waals surface area contributed by atoms with Gasteiger partial charge in [-0.05, 0) is 30.2 Å². The van der Waals surface area contributed by atoms with Gasteiger partial charge in [0.15, 0.2) is 0 Å². The number of aromatic nitrogens is 2. The minimum atomic E-state index is -0.207. The lowest BCUT2D eigenvalue weighted by Gasteiger charge is -2.26. The van der Waals surface area contributed by atoms with Crippen molar-refractivity contribution in [3.63, 3.8) is 0 Å². The first-order valence-electron chi connectivity index (χ1n) is 9.53. The Labute approximate surface area is 165 Å². The van der Waals surface area contributed by atoms with Gasteiger partial charge in [0.05, 0.1) is 20.3 Å². The van der Waals surface area contributed by atoms with Crippen molar-refractivity contribution in [2.75, 3.05) is 58.4 Å². The largest absolute Gasteiger partial charge is 0.497 e. The molecule has 0 spiro atoms. The molecule has 0 atom stereocenters. The summed E-state index contributed by atoms with van der Waals surface area (Å²) in [5.74, 6) is 1.07. The molecule has 1 aliphatic heterocycles. The molecule has 2 N–H and O–H groups in total. The lowest BCUT2D eigenvalue weighted by Crippen LogP contribution is -2.39. The molecule has 3 rings (SSSR count). The van der Waals surface area contributed by atoms with E-state index in [9.17, 15) is 4.79 Å². The normalized spacial score (nSPS) is 14.5. The third-order valence-corrected chi connectivity index (χ3v) is 4.54. The van der Waals surface area contributed by atoms with Crippen LogP contribution in [-0.2, 0) is 11.2 Å². The third-order valence-electron chi connectivity index (χ3n) is 4.54. The summed E-state index contributed by atoms with van der Waals surface area (Å²) < 4.78 is 10.6. The van der Waals surface area contributed by atoms with Crippen molar-refractivity contribution in [3.8, 4) is 5.75 Å². The molecule has 0 unspecified atom stereocenters. The van der Waals surface area contributed by atoms with Gasteiger partial charge in [-0.2, -0.15) is 0 Å². The maximum absolute atomic E-state index is 12.4. The van der Waals surface area contributed by atoms with Gasteiger partial charge in [-0.15, -0.1) is 0 Å². The van der Waals surface area contributed by atoms with Crippen molar-refractivity contribution >= 4 is 11.9 Å². The Balaban J connectivity index is 1.43. The van der Waals surface area contributed by atoms with Crippen molar-refractivity contribution in [1.29, 1.82) is 0 Å². The topological polar surface area (TPSA) is 88.6 Å². The second-order valence-electron chi connectivity index (χ2n) is 6.50. The van der Waals surface area contributed by atoms with E-state index in [0.717, 1.165) is 57.1 Å². The Kier molecular flexibility index (Phi) is 7.57. The Bertz CT molecular complexity index is 765. The van der Waals surface area contributed by atoms with Crippen LogP contribution >= 0.6 is 0 Å². The quantitative estimate of drug-likeness (QED) is 0.671. The Morgan fingerprint density at radius 3 is 2.93 bits per heavy atom. The van der Waals surface area contributed by atoms with Crippen molar-refractivity contribution < 1.29 is 14.3 Å². The zero-order valence-corrected chi connectivity index (χ0v) is 16.2. The van der Waals surface area contributed by atoms with Gasteiger partial charge in [0.1, 0.15) is 11.4 Å². The number of amides is 1. The molecule has 1 amide bonds. The minimum Gasteiger partial charge on any atom is -0.497 e. The van der Waals surface area contributed by atoms with E-state index in [1.807, 2.05) is 24.3 Å². The molecule has 2 aromatic rings. The highest BCUT2D eigenvalue weighted by molar-refractivity contribution is 5.92. The van der Waals surface area contributed by atoms with Crippen LogP contribution in [-0.4, -0.2) is 73.8 Å². The zero-order valence-electron chi connectivity index (χ0n) is 16.2. The molecule has 1 fully saturated rings.